The summed E-state index contributed by atoms with van der Waals surface area (Å²) in [5.41, 5.74) is 5.81. The van der Waals surface area contributed by atoms with Gasteiger partial charge < -0.3 is 16.2 Å². The third-order valence-electron chi connectivity index (χ3n) is 3.92. The molecule has 92 valence electrons. The van der Waals surface area contributed by atoms with E-state index in [9.17, 15) is 4.79 Å². The number of carbonyl (C=O) groups excluding carboxylic acids is 1. The molecule has 16 heavy (non-hydrogen) atoms. The fraction of sp³-hybridized carbons (Fsp3) is 0.917. The molecule has 0 bridgehead atoms. The Morgan fingerprint density at radius 1 is 1.25 bits per heavy atom. The van der Waals surface area contributed by atoms with E-state index in [4.69, 9.17) is 10.8 Å². The van der Waals surface area contributed by atoms with Crippen LogP contribution in [0, 0.1) is 11.8 Å². The monoisotopic (exact) mass is 226 g/mol. The molecule has 2 aliphatic rings. The van der Waals surface area contributed by atoms with Gasteiger partial charge in [0.05, 0.1) is 6.10 Å². The third-order valence-corrected chi connectivity index (χ3v) is 3.92. The van der Waals surface area contributed by atoms with Crippen LogP contribution in [-0.4, -0.2) is 29.7 Å². The average Bonchev–Trinajstić information content (AvgIpc) is 2.23. The standard InChI is InChI=1S/C12H22N2O2/c13-10-3-1-9(2-4-10)12(16)14-7-8-5-11(15)6-8/h8-11,15H,1-7,13H2,(H,14,16). The van der Waals surface area contributed by atoms with Crippen LogP contribution in [0.2, 0.25) is 0 Å². The second kappa shape index (κ2) is 5.15. The lowest BCUT2D eigenvalue weighted by Gasteiger charge is -2.32. The molecule has 0 aliphatic heterocycles. The maximum atomic E-state index is 11.8. The van der Waals surface area contributed by atoms with Crippen molar-refractivity contribution in [3.05, 3.63) is 0 Å². The number of aliphatic hydroxyl groups excluding tert-OH is 1. The SMILES string of the molecule is NC1CCC(C(=O)NCC2CC(O)C2)CC1. The molecule has 0 aromatic carbocycles. The van der Waals surface area contributed by atoms with Crippen LogP contribution >= 0.6 is 0 Å². The molecule has 2 saturated carbocycles. The number of amides is 1. The van der Waals surface area contributed by atoms with Crippen molar-refractivity contribution in [3.8, 4) is 0 Å². The third kappa shape index (κ3) is 2.95. The Balaban J connectivity index is 1.64. The minimum absolute atomic E-state index is 0.130. The van der Waals surface area contributed by atoms with E-state index in [1.165, 1.54) is 0 Å². The van der Waals surface area contributed by atoms with Crippen LogP contribution in [0.15, 0.2) is 0 Å². The van der Waals surface area contributed by atoms with Crippen molar-refractivity contribution in [2.75, 3.05) is 6.54 Å². The van der Waals surface area contributed by atoms with Crippen molar-refractivity contribution >= 4 is 5.91 Å². The molecule has 0 aromatic heterocycles. The van der Waals surface area contributed by atoms with E-state index in [2.05, 4.69) is 5.32 Å². The van der Waals surface area contributed by atoms with Gasteiger partial charge in [0, 0.05) is 18.5 Å². The van der Waals surface area contributed by atoms with Crippen LogP contribution < -0.4 is 11.1 Å². The molecule has 4 N–H and O–H groups in total. The van der Waals surface area contributed by atoms with Crippen molar-refractivity contribution in [1.82, 2.24) is 5.32 Å². The van der Waals surface area contributed by atoms with Crippen LogP contribution in [0.4, 0.5) is 0 Å². The smallest absolute Gasteiger partial charge is 0.223 e. The zero-order valence-corrected chi connectivity index (χ0v) is 9.69. The molecule has 2 rings (SSSR count). The van der Waals surface area contributed by atoms with Gasteiger partial charge in [0.1, 0.15) is 0 Å². The van der Waals surface area contributed by atoms with Crippen LogP contribution in [0.1, 0.15) is 38.5 Å². The zero-order chi connectivity index (χ0) is 11.5. The predicted molar refractivity (Wildman–Crippen MR) is 61.7 cm³/mol. The lowest BCUT2D eigenvalue weighted by atomic mass is 9.82. The topological polar surface area (TPSA) is 75.4 Å². The number of hydrogen-bond acceptors (Lipinski definition) is 3. The molecule has 0 unspecified atom stereocenters. The van der Waals surface area contributed by atoms with Gasteiger partial charge in [-0.3, -0.25) is 4.79 Å². The van der Waals surface area contributed by atoms with Crippen molar-refractivity contribution in [2.24, 2.45) is 17.6 Å². The van der Waals surface area contributed by atoms with Crippen LogP contribution in [-0.2, 0) is 4.79 Å². The van der Waals surface area contributed by atoms with Gasteiger partial charge in [-0.25, -0.2) is 0 Å². The molecule has 0 saturated heterocycles. The molecule has 0 spiro atoms. The molecule has 2 aliphatic carbocycles. The molecule has 2 fully saturated rings. The normalized spacial score (nSPS) is 38.9. The number of aliphatic hydroxyl groups is 1. The maximum absolute atomic E-state index is 11.8. The molecule has 4 heteroatoms. The Bertz CT molecular complexity index is 243. The van der Waals surface area contributed by atoms with E-state index in [1.807, 2.05) is 0 Å². The number of nitrogens with one attached hydrogen (secondary N) is 1. The number of carbonyl (C=O) groups is 1. The summed E-state index contributed by atoms with van der Waals surface area (Å²) in [4.78, 5) is 11.8. The van der Waals surface area contributed by atoms with Gasteiger partial charge in [-0.2, -0.15) is 0 Å². The van der Waals surface area contributed by atoms with E-state index >= 15 is 0 Å². The fourth-order valence-corrected chi connectivity index (χ4v) is 2.64. The quantitative estimate of drug-likeness (QED) is 0.651. The summed E-state index contributed by atoms with van der Waals surface area (Å²) in [7, 11) is 0. The Labute approximate surface area is 96.6 Å². The summed E-state index contributed by atoms with van der Waals surface area (Å²) >= 11 is 0. The van der Waals surface area contributed by atoms with E-state index in [0.29, 0.717) is 12.0 Å². The number of nitrogens with two attached hydrogens (primary N) is 1. The molecule has 1 amide bonds. The summed E-state index contributed by atoms with van der Waals surface area (Å²) in [5, 5.41) is 12.1. The number of rotatable bonds is 3. The molecular weight excluding hydrogens is 204 g/mol. The molecule has 0 aromatic rings. The summed E-state index contributed by atoms with van der Waals surface area (Å²) in [6.45, 7) is 0.735. The van der Waals surface area contributed by atoms with Crippen molar-refractivity contribution < 1.29 is 9.90 Å². The summed E-state index contributed by atoms with van der Waals surface area (Å²) in [6.07, 6.45) is 5.36. The van der Waals surface area contributed by atoms with Gasteiger partial charge in [-0.1, -0.05) is 0 Å². The van der Waals surface area contributed by atoms with E-state index in [-0.39, 0.29) is 17.9 Å². The largest absolute Gasteiger partial charge is 0.393 e. The van der Waals surface area contributed by atoms with Crippen LogP contribution in [0.25, 0.3) is 0 Å². The predicted octanol–water partition coefficient (Wildman–Crippen LogP) is 0.391. The first-order chi connectivity index (χ1) is 7.65. The Hall–Kier alpha value is -0.610. The first-order valence-electron chi connectivity index (χ1n) is 6.36. The van der Waals surface area contributed by atoms with Gasteiger partial charge in [-0.15, -0.1) is 0 Å². The molecule has 0 radical (unpaired) electrons. The molecule has 0 atom stereocenters. The van der Waals surface area contributed by atoms with Gasteiger partial charge in [-0.05, 0) is 44.4 Å². The van der Waals surface area contributed by atoms with Gasteiger partial charge in [0.2, 0.25) is 5.91 Å². The van der Waals surface area contributed by atoms with E-state index in [1.54, 1.807) is 0 Å². The minimum Gasteiger partial charge on any atom is -0.393 e. The average molecular weight is 226 g/mol. The fourth-order valence-electron chi connectivity index (χ4n) is 2.64. The van der Waals surface area contributed by atoms with Crippen molar-refractivity contribution in [2.45, 2.75) is 50.7 Å². The van der Waals surface area contributed by atoms with E-state index < -0.39 is 0 Å². The van der Waals surface area contributed by atoms with Crippen molar-refractivity contribution in [3.63, 3.8) is 0 Å². The van der Waals surface area contributed by atoms with Crippen LogP contribution in [0.3, 0.4) is 0 Å². The van der Waals surface area contributed by atoms with Gasteiger partial charge in [0.25, 0.3) is 0 Å². The highest BCUT2D eigenvalue weighted by atomic mass is 16.3. The highest BCUT2D eigenvalue weighted by molar-refractivity contribution is 5.78. The molecule has 0 heterocycles. The summed E-state index contributed by atoms with van der Waals surface area (Å²) in [5.74, 6) is 0.850. The Morgan fingerprint density at radius 2 is 1.88 bits per heavy atom. The summed E-state index contributed by atoms with van der Waals surface area (Å²) < 4.78 is 0. The second-order valence-corrected chi connectivity index (χ2v) is 5.35. The zero-order valence-electron chi connectivity index (χ0n) is 9.69. The lowest BCUT2D eigenvalue weighted by molar-refractivity contribution is -0.126. The van der Waals surface area contributed by atoms with E-state index in [0.717, 1.165) is 45.1 Å². The van der Waals surface area contributed by atoms with Gasteiger partial charge in [0.15, 0.2) is 0 Å². The maximum Gasteiger partial charge on any atom is 0.223 e. The number of hydrogen-bond donors (Lipinski definition) is 3. The summed E-state index contributed by atoms with van der Waals surface area (Å²) in [6, 6.07) is 0.297. The van der Waals surface area contributed by atoms with Gasteiger partial charge >= 0.3 is 0 Å². The van der Waals surface area contributed by atoms with Crippen molar-refractivity contribution in [1.29, 1.82) is 0 Å². The lowest BCUT2D eigenvalue weighted by Crippen LogP contribution is -2.42. The second-order valence-electron chi connectivity index (χ2n) is 5.35. The highest BCUT2D eigenvalue weighted by Gasteiger charge is 2.29. The highest BCUT2D eigenvalue weighted by Crippen LogP contribution is 2.27. The Kier molecular flexibility index (Phi) is 3.82. The first kappa shape index (κ1) is 11.9. The minimum atomic E-state index is -0.130. The van der Waals surface area contributed by atoms with Crippen LogP contribution in [0.5, 0.6) is 0 Å². The first-order valence-corrected chi connectivity index (χ1v) is 6.36. The molecule has 4 nitrogen and oxygen atoms in total. The Morgan fingerprint density at radius 3 is 2.44 bits per heavy atom. The molecular formula is C12H22N2O2.